The van der Waals surface area contributed by atoms with Crippen molar-refractivity contribution in [2.24, 2.45) is 7.05 Å². The first-order chi connectivity index (χ1) is 18.5. The van der Waals surface area contributed by atoms with Crippen LogP contribution in [0.2, 0.25) is 0 Å². The number of ether oxygens (including phenoxy) is 2. The molecule has 2 aliphatic rings. The van der Waals surface area contributed by atoms with Gasteiger partial charge in [-0.2, -0.15) is 10.2 Å². The molecule has 1 aliphatic carbocycles. The third-order valence-electron chi connectivity index (χ3n) is 7.00. The molecule has 38 heavy (non-hydrogen) atoms. The summed E-state index contributed by atoms with van der Waals surface area (Å²) in [5.74, 6) is 1.77. The molecule has 1 saturated carbocycles. The molecule has 1 fully saturated rings. The normalized spacial score (nSPS) is 17.1. The number of aliphatic hydroxyl groups is 1. The highest BCUT2D eigenvalue weighted by molar-refractivity contribution is 5.92. The zero-order valence-corrected chi connectivity index (χ0v) is 21.9. The minimum Gasteiger partial charge on any atom is -0.476 e. The van der Waals surface area contributed by atoms with Crippen molar-refractivity contribution < 1.29 is 14.6 Å². The van der Waals surface area contributed by atoms with E-state index in [1.54, 1.807) is 10.9 Å². The number of nitrogens with one attached hydrogen (secondary N) is 1. The van der Waals surface area contributed by atoms with Gasteiger partial charge in [-0.3, -0.25) is 19.7 Å². The second kappa shape index (κ2) is 9.73. The number of hydrogen-bond acceptors (Lipinski definition) is 8. The summed E-state index contributed by atoms with van der Waals surface area (Å²) >= 11 is 0. The number of pyridine rings is 1. The molecule has 0 radical (unpaired) electrons. The fourth-order valence-electron chi connectivity index (χ4n) is 5.10. The summed E-state index contributed by atoms with van der Waals surface area (Å²) < 4.78 is 15.9. The van der Waals surface area contributed by atoms with Crippen LogP contribution in [-0.2, 0) is 20.1 Å². The maximum absolute atomic E-state index is 9.77. The highest BCUT2D eigenvalue weighted by atomic mass is 16.5. The molecule has 2 N–H and O–H groups in total. The summed E-state index contributed by atoms with van der Waals surface area (Å²) in [7, 11) is 1.87. The predicted octanol–water partition coefficient (Wildman–Crippen LogP) is 3.30. The van der Waals surface area contributed by atoms with Crippen LogP contribution >= 0.6 is 0 Å². The number of aryl methyl sites for hydroxylation is 2. The number of rotatable bonds is 5. The second-order valence-corrected chi connectivity index (χ2v) is 9.77. The molecular weight excluding hydrogens is 484 g/mol. The molecule has 0 atom stereocenters. The Hall–Kier alpha value is -3.96. The Kier molecular flexibility index (Phi) is 6.24. The summed E-state index contributed by atoms with van der Waals surface area (Å²) in [6, 6.07) is 2.43. The number of nitrogens with zero attached hydrogens (tertiary/aromatic N) is 7. The average molecular weight is 517 g/mol. The maximum Gasteiger partial charge on any atom is 0.240 e. The smallest absolute Gasteiger partial charge is 0.240 e. The maximum atomic E-state index is 9.77. The zero-order chi connectivity index (χ0) is 26.4. The Morgan fingerprint density at radius 3 is 2.84 bits per heavy atom. The van der Waals surface area contributed by atoms with Crippen LogP contribution < -0.4 is 9.47 Å². The van der Waals surface area contributed by atoms with Crippen molar-refractivity contribution in [1.29, 1.82) is 0 Å². The van der Waals surface area contributed by atoms with Crippen molar-refractivity contribution in [3.63, 3.8) is 0 Å². The number of hydrogen-bond donors (Lipinski definition) is 2. The largest absolute Gasteiger partial charge is 0.476 e. The Bertz CT molecular complexity index is 1540. The Balaban J connectivity index is 1.55. The third-order valence-corrected chi connectivity index (χ3v) is 7.00. The van der Waals surface area contributed by atoms with Gasteiger partial charge in [0.25, 0.3) is 0 Å². The van der Waals surface area contributed by atoms with Gasteiger partial charge < -0.3 is 14.6 Å². The van der Waals surface area contributed by atoms with Crippen LogP contribution in [0.25, 0.3) is 34.3 Å². The number of H-pyrrole nitrogens is 1. The van der Waals surface area contributed by atoms with Crippen LogP contribution in [0.4, 0.5) is 0 Å². The molecule has 0 unspecified atom stereocenters. The number of aromatic nitrogens is 7. The van der Waals surface area contributed by atoms with Gasteiger partial charge in [0.2, 0.25) is 11.8 Å². The van der Waals surface area contributed by atoms with Gasteiger partial charge >= 0.3 is 0 Å². The van der Waals surface area contributed by atoms with Crippen molar-refractivity contribution in [2.75, 3.05) is 19.8 Å². The monoisotopic (exact) mass is 516 g/mol. The topological polar surface area (TPSA) is 119 Å². The van der Waals surface area contributed by atoms with Crippen LogP contribution in [0.5, 0.6) is 11.8 Å². The standard InChI is InChI=1S/C27H32N8O3/c1-5-37-26-19-8-9-21-20-12-22(28-13-23(20)30-29-21)25-17(3)31-33(4)27(25)38-16(2)14-34(18-6-7-18)15-24(19)35(32-26)10-11-36/h8-9,12-13,18,36H,2,5-7,10-11,14-15H2,1,3-4H3,(H,29,30)/b9-8+. The van der Waals surface area contributed by atoms with Crippen LogP contribution in [0.1, 0.15) is 42.4 Å². The predicted molar refractivity (Wildman–Crippen MR) is 143 cm³/mol. The van der Waals surface area contributed by atoms with Crippen LogP contribution in [0.3, 0.4) is 0 Å². The van der Waals surface area contributed by atoms with Gasteiger partial charge in [0, 0.05) is 25.0 Å². The molecular formula is C27H32N8O3. The van der Waals surface area contributed by atoms with Gasteiger partial charge in [-0.05, 0) is 44.9 Å². The zero-order valence-electron chi connectivity index (χ0n) is 21.9. The Labute approximate surface area is 220 Å². The van der Waals surface area contributed by atoms with Gasteiger partial charge in [0.05, 0.1) is 71.9 Å². The van der Waals surface area contributed by atoms with Crippen molar-refractivity contribution in [3.05, 3.63) is 47.2 Å². The quantitative estimate of drug-likeness (QED) is 0.415. The van der Waals surface area contributed by atoms with Crippen molar-refractivity contribution in [3.8, 4) is 23.0 Å². The lowest BCUT2D eigenvalue weighted by Crippen LogP contribution is -2.30. The molecule has 0 saturated heterocycles. The molecule has 4 aromatic heterocycles. The van der Waals surface area contributed by atoms with E-state index in [1.807, 2.05) is 43.8 Å². The van der Waals surface area contributed by atoms with E-state index in [0.29, 0.717) is 49.8 Å². The van der Waals surface area contributed by atoms with Crippen LogP contribution in [-0.4, -0.2) is 70.5 Å². The second-order valence-electron chi connectivity index (χ2n) is 9.77. The van der Waals surface area contributed by atoms with Crippen LogP contribution in [0.15, 0.2) is 24.6 Å². The fraction of sp³-hybridized carbons (Fsp3) is 0.407. The van der Waals surface area contributed by atoms with Crippen molar-refractivity contribution in [1.82, 2.24) is 39.6 Å². The Morgan fingerprint density at radius 1 is 1.24 bits per heavy atom. The highest BCUT2D eigenvalue weighted by Gasteiger charge is 2.32. The molecule has 2 bridgehead atoms. The molecule has 4 aromatic rings. The molecule has 11 nitrogen and oxygen atoms in total. The molecule has 1 aliphatic heterocycles. The molecule has 0 spiro atoms. The van der Waals surface area contributed by atoms with Crippen molar-refractivity contribution >= 4 is 23.1 Å². The first-order valence-corrected chi connectivity index (χ1v) is 13.0. The van der Waals surface area contributed by atoms with E-state index in [0.717, 1.165) is 57.6 Å². The van der Waals surface area contributed by atoms with E-state index in [-0.39, 0.29) is 6.61 Å². The number of aromatic amines is 1. The van der Waals surface area contributed by atoms with Gasteiger partial charge in [0.1, 0.15) is 5.76 Å². The van der Waals surface area contributed by atoms with E-state index in [9.17, 15) is 5.11 Å². The molecule has 198 valence electrons. The first-order valence-electron chi connectivity index (χ1n) is 13.0. The third kappa shape index (κ3) is 4.37. The summed E-state index contributed by atoms with van der Waals surface area (Å²) in [4.78, 5) is 7.05. The molecule has 6 rings (SSSR count). The minimum atomic E-state index is -0.0228. The summed E-state index contributed by atoms with van der Waals surface area (Å²) in [5, 5.41) is 27.7. The summed E-state index contributed by atoms with van der Waals surface area (Å²) in [6.45, 7) is 10.2. The van der Waals surface area contributed by atoms with Gasteiger partial charge in [-0.25, -0.2) is 4.68 Å². The lowest BCUT2D eigenvalue weighted by atomic mass is 10.1. The lowest BCUT2D eigenvalue weighted by molar-refractivity contribution is 0.223. The minimum absolute atomic E-state index is 0.0228. The summed E-state index contributed by atoms with van der Waals surface area (Å²) in [6.07, 6.45) is 7.99. The van der Waals surface area contributed by atoms with Crippen molar-refractivity contribution in [2.45, 2.75) is 45.8 Å². The van der Waals surface area contributed by atoms with E-state index < -0.39 is 0 Å². The van der Waals surface area contributed by atoms with Crippen LogP contribution in [0, 0.1) is 6.92 Å². The summed E-state index contributed by atoms with van der Waals surface area (Å²) in [5.41, 5.74) is 5.85. The van der Waals surface area contributed by atoms with E-state index >= 15 is 0 Å². The SMILES string of the molecule is C=C1CN(C2CC2)Cc2c(c(OCC)nn2CCO)/C=C/c2n[nH]c3cnc(cc23)-c2c(C)nn(C)c2O1. The van der Waals surface area contributed by atoms with E-state index in [1.165, 1.54) is 0 Å². The lowest BCUT2D eigenvalue weighted by Gasteiger charge is -2.24. The number of fused-ring (bicyclic) bond motifs is 4. The van der Waals surface area contributed by atoms with Gasteiger partial charge in [0.15, 0.2) is 0 Å². The van der Waals surface area contributed by atoms with Gasteiger partial charge in [-0.15, -0.1) is 5.10 Å². The van der Waals surface area contributed by atoms with Gasteiger partial charge in [-0.1, -0.05) is 6.58 Å². The van der Waals surface area contributed by atoms with E-state index in [2.05, 4.69) is 26.8 Å². The average Bonchev–Trinajstić information content (AvgIpc) is 3.51. The highest BCUT2D eigenvalue weighted by Crippen LogP contribution is 2.37. The number of aliphatic hydroxyl groups excluding tert-OH is 1. The molecule has 0 amide bonds. The first kappa shape index (κ1) is 24.4. The Morgan fingerprint density at radius 2 is 2.08 bits per heavy atom. The van der Waals surface area contributed by atoms with E-state index in [4.69, 9.17) is 19.6 Å². The molecule has 11 heteroatoms. The molecule has 0 aromatic carbocycles. The fourth-order valence-corrected chi connectivity index (χ4v) is 5.10. The molecule has 5 heterocycles.